The second-order valence-corrected chi connectivity index (χ2v) is 24.1. The maximum atomic E-state index is 2.45. The molecule has 0 bridgehead atoms. The van der Waals surface area contributed by atoms with Gasteiger partial charge in [0.1, 0.15) is 0 Å². The van der Waals surface area contributed by atoms with Gasteiger partial charge in [-0.3, -0.25) is 0 Å². The Morgan fingerprint density at radius 3 is 0.882 bits per heavy atom. The zero-order chi connectivity index (χ0) is 58.6. The van der Waals surface area contributed by atoms with Crippen LogP contribution in [0.5, 0.6) is 0 Å². The van der Waals surface area contributed by atoms with Crippen LogP contribution in [0.2, 0.25) is 0 Å². The third-order valence-corrected chi connectivity index (χ3v) is 19.4. The highest BCUT2D eigenvalue weighted by Crippen LogP contribution is 2.44. The van der Waals surface area contributed by atoms with Crippen LogP contribution in [0.3, 0.4) is 0 Å². The third-order valence-electron chi connectivity index (χ3n) is 19.4. The quantitative estimate of drug-likeness (QED) is 0.120. The predicted octanol–water partition coefficient (Wildman–Crippen LogP) is 20.4. The van der Waals surface area contributed by atoms with Crippen molar-refractivity contribution in [3.8, 4) is 89.0 Å². The minimum Gasteiger partial charge on any atom is -0.0807 e. The summed E-state index contributed by atoms with van der Waals surface area (Å²) in [6.07, 6.45) is 13.1. The summed E-state index contributed by atoms with van der Waals surface area (Å²) in [6, 6.07) is 76.5. The molecule has 2 aliphatic rings. The molecule has 0 nitrogen and oxygen atoms in total. The SMILES string of the molecule is Cc1c(C)c(-c2cc(C3=CC=CCC=C3)cc(-c3ccccc3)c2)c(C)c(C)c1B1c2c(C)c(C)c(-c3cc(-c4ccccc4)cc(-c4ccccc4)c3)c(C)c2Cc2c(C)c(-c3cc(-c4ccccc4)cc(-c4ccccc4)c3)c(C)c(C)c21. The van der Waals surface area contributed by atoms with E-state index in [-0.39, 0.29) is 6.71 Å². The summed E-state index contributed by atoms with van der Waals surface area (Å²) in [5, 5.41) is 0. The van der Waals surface area contributed by atoms with Crippen LogP contribution in [0.1, 0.15) is 78.7 Å². The topological polar surface area (TPSA) is 0 Å². The fourth-order valence-electron chi connectivity index (χ4n) is 14.7. The average molecular weight is 1090 g/mol. The summed E-state index contributed by atoms with van der Waals surface area (Å²) >= 11 is 0. The minimum absolute atomic E-state index is 0.00607. The van der Waals surface area contributed by atoms with Crippen LogP contribution >= 0.6 is 0 Å². The Labute approximate surface area is 505 Å². The Morgan fingerprint density at radius 2 is 0.541 bits per heavy atom. The Kier molecular flexibility index (Phi) is 14.7. The molecule has 11 aromatic carbocycles. The van der Waals surface area contributed by atoms with Gasteiger partial charge in [0.2, 0.25) is 6.71 Å². The molecule has 1 heterocycles. The minimum atomic E-state index is -0.00607. The molecule has 11 aromatic rings. The van der Waals surface area contributed by atoms with E-state index in [9.17, 15) is 0 Å². The second-order valence-electron chi connectivity index (χ2n) is 24.1. The molecule has 0 radical (unpaired) electrons. The molecule has 0 N–H and O–H groups in total. The van der Waals surface area contributed by atoms with Gasteiger partial charge in [-0.15, -0.1) is 0 Å². The number of hydrogen-bond donors (Lipinski definition) is 0. The standard InChI is InChI=1S/C84H73B/c1-52-56(5)82(57(6)53(2)79(52)74-45-68(62-30-18-11-12-19-31-62)42-69(46-74)63-32-20-13-21-33-63)85-83-58(7)54(3)80(75-47-70(64-34-22-14-23-35-64)43-71(48-75)65-36-24-15-25-37-65)60(9)77(83)51-78-61(10)81(55(4)59(8)84(78)85)76-49-72(66-38-26-16-27-39-66)44-73(50-76)67-40-28-17-29-41-67/h11,13-50H,12,51H2,1-10H3. The lowest BCUT2D eigenvalue weighted by molar-refractivity contribution is 1.11. The van der Waals surface area contributed by atoms with Crippen LogP contribution in [0, 0.1) is 69.2 Å². The first-order chi connectivity index (χ1) is 41.3. The summed E-state index contributed by atoms with van der Waals surface area (Å²) in [5.41, 5.74) is 43.5. The first-order valence-corrected chi connectivity index (χ1v) is 30.5. The van der Waals surface area contributed by atoms with Crippen molar-refractivity contribution < 1.29 is 0 Å². The van der Waals surface area contributed by atoms with Crippen LogP contribution in [0.25, 0.3) is 94.6 Å². The average Bonchev–Trinajstić information content (AvgIpc) is 1.08. The number of rotatable bonds is 10. The zero-order valence-corrected chi connectivity index (χ0v) is 51.0. The predicted molar refractivity (Wildman–Crippen MR) is 369 cm³/mol. The van der Waals surface area contributed by atoms with Crippen LogP contribution < -0.4 is 16.4 Å². The van der Waals surface area contributed by atoms with Gasteiger partial charge < -0.3 is 0 Å². The molecular formula is C84H73B. The molecule has 0 unspecified atom stereocenters. The van der Waals surface area contributed by atoms with E-state index in [1.54, 1.807) is 0 Å². The molecule has 1 heteroatoms. The van der Waals surface area contributed by atoms with E-state index in [1.807, 2.05) is 0 Å². The smallest absolute Gasteiger partial charge is 0.0807 e. The lowest BCUT2D eigenvalue weighted by Gasteiger charge is -2.38. The van der Waals surface area contributed by atoms with Crippen molar-refractivity contribution >= 4 is 28.7 Å². The summed E-state index contributed by atoms with van der Waals surface area (Å²) in [7, 11) is 0. The van der Waals surface area contributed by atoms with Crippen molar-refractivity contribution in [2.45, 2.75) is 82.1 Å². The van der Waals surface area contributed by atoms with Crippen LogP contribution in [-0.2, 0) is 6.42 Å². The van der Waals surface area contributed by atoms with Crippen molar-refractivity contribution in [3.05, 3.63) is 309 Å². The van der Waals surface area contributed by atoms with Gasteiger partial charge in [0.25, 0.3) is 0 Å². The molecule has 412 valence electrons. The molecule has 85 heavy (non-hydrogen) atoms. The Morgan fingerprint density at radius 1 is 0.259 bits per heavy atom. The molecule has 0 saturated carbocycles. The van der Waals surface area contributed by atoms with Gasteiger partial charge in [0.05, 0.1) is 0 Å². The van der Waals surface area contributed by atoms with Gasteiger partial charge in [0, 0.05) is 0 Å². The largest absolute Gasteiger partial charge is 0.243 e. The number of allylic oxidation sites excluding steroid dienone is 6. The first-order valence-electron chi connectivity index (χ1n) is 30.5. The molecule has 1 aliphatic carbocycles. The second kappa shape index (κ2) is 22.7. The van der Waals surface area contributed by atoms with Crippen LogP contribution in [0.15, 0.2) is 237 Å². The maximum Gasteiger partial charge on any atom is 0.243 e. The highest BCUT2D eigenvalue weighted by Gasteiger charge is 2.40. The first kappa shape index (κ1) is 54.9. The monoisotopic (exact) mass is 1090 g/mol. The molecule has 0 fully saturated rings. The Balaban J connectivity index is 1.08. The van der Waals surface area contributed by atoms with Gasteiger partial charge in [0.15, 0.2) is 0 Å². The number of benzene rings is 11. The van der Waals surface area contributed by atoms with Gasteiger partial charge >= 0.3 is 0 Å². The van der Waals surface area contributed by atoms with E-state index in [1.165, 1.54) is 183 Å². The van der Waals surface area contributed by atoms with Gasteiger partial charge in [-0.05, 0) is 281 Å². The van der Waals surface area contributed by atoms with Crippen molar-refractivity contribution in [2.75, 3.05) is 0 Å². The summed E-state index contributed by atoms with van der Waals surface area (Å²) in [6.45, 7) is 24.3. The van der Waals surface area contributed by atoms with Crippen molar-refractivity contribution in [3.63, 3.8) is 0 Å². The molecule has 13 rings (SSSR count). The molecule has 0 spiro atoms. The molecular weight excluding hydrogens is 1020 g/mol. The third kappa shape index (κ3) is 9.90. The highest BCUT2D eigenvalue weighted by molar-refractivity contribution is 6.97. The fraction of sp³-hybridized carbons (Fsp3) is 0.143. The van der Waals surface area contributed by atoms with E-state index in [4.69, 9.17) is 0 Å². The zero-order valence-electron chi connectivity index (χ0n) is 51.0. The highest BCUT2D eigenvalue weighted by atomic mass is 14.3. The van der Waals surface area contributed by atoms with E-state index in [0.717, 1.165) is 12.8 Å². The summed E-state index contributed by atoms with van der Waals surface area (Å²) in [4.78, 5) is 0. The molecule has 0 saturated heterocycles. The molecule has 0 amide bonds. The normalized spacial score (nSPS) is 12.7. The lowest BCUT2D eigenvalue weighted by Crippen LogP contribution is -2.61. The van der Waals surface area contributed by atoms with Gasteiger partial charge in [-0.2, -0.15) is 0 Å². The van der Waals surface area contributed by atoms with E-state index in [0.29, 0.717) is 0 Å². The van der Waals surface area contributed by atoms with Crippen molar-refractivity contribution in [1.29, 1.82) is 0 Å². The van der Waals surface area contributed by atoms with Gasteiger partial charge in [-0.1, -0.05) is 221 Å². The molecule has 0 aromatic heterocycles. The van der Waals surface area contributed by atoms with Crippen molar-refractivity contribution in [2.24, 2.45) is 0 Å². The van der Waals surface area contributed by atoms with Gasteiger partial charge in [-0.25, -0.2) is 0 Å². The maximum absolute atomic E-state index is 2.45. The van der Waals surface area contributed by atoms with Crippen LogP contribution in [0.4, 0.5) is 0 Å². The lowest BCUT2D eigenvalue weighted by atomic mass is 9.30. The number of fused-ring (bicyclic) bond motifs is 2. The summed E-state index contributed by atoms with van der Waals surface area (Å²) < 4.78 is 0. The van der Waals surface area contributed by atoms with Crippen molar-refractivity contribution in [1.82, 2.24) is 0 Å². The van der Waals surface area contributed by atoms with E-state index < -0.39 is 0 Å². The summed E-state index contributed by atoms with van der Waals surface area (Å²) in [5.74, 6) is 0. The fourth-order valence-corrected chi connectivity index (χ4v) is 14.7. The molecule has 1 aliphatic heterocycles. The van der Waals surface area contributed by atoms with Crippen LogP contribution in [-0.4, -0.2) is 6.71 Å². The number of hydrogen-bond acceptors (Lipinski definition) is 0. The molecule has 0 atom stereocenters. The van der Waals surface area contributed by atoms with E-state index >= 15 is 0 Å². The Bertz CT molecular complexity index is 4180. The van der Waals surface area contributed by atoms with E-state index in [2.05, 4.69) is 306 Å². The Hall–Kier alpha value is -9.30.